The molecule has 0 unspecified atom stereocenters. The van der Waals surface area contributed by atoms with Crippen LogP contribution in [0.1, 0.15) is 51.5 Å². The molecule has 7 heteroatoms. The van der Waals surface area contributed by atoms with Crippen LogP contribution in [0, 0.1) is 16.7 Å². The van der Waals surface area contributed by atoms with Crippen LogP contribution < -0.4 is 10.0 Å². The SMILES string of the molecule is CC1(C)[C@@H]2CC[C@]1(CS(=O)(=O)Nc1ccc(CC(=O)NC3CC3)cc1)C(=O)C2. The van der Waals surface area contributed by atoms with Crippen molar-refractivity contribution in [2.24, 2.45) is 16.7 Å². The summed E-state index contributed by atoms with van der Waals surface area (Å²) in [6, 6.07) is 7.20. The first-order valence-corrected chi connectivity index (χ1v) is 11.7. The third-order valence-corrected chi connectivity index (χ3v) is 8.53. The zero-order valence-corrected chi connectivity index (χ0v) is 17.3. The number of Topliss-reactive ketones (excluding diaryl/α,β-unsaturated/α-hetero) is 1. The second-order valence-corrected chi connectivity index (χ2v) is 11.0. The normalized spacial score (nSPS) is 28.4. The van der Waals surface area contributed by atoms with E-state index in [9.17, 15) is 18.0 Å². The molecule has 0 saturated heterocycles. The number of hydrogen-bond acceptors (Lipinski definition) is 4. The van der Waals surface area contributed by atoms with Gasteiger partial charge >= 0.3 is 0 Å². The molecule has 0 heterocycles. The monoisotopic (exact) mass is 404 g/mol. The van der Waals surface area contributed by atoms with Gasteiger partial charge in [0.05, 0.1) is 17.6 Å². The van der Waals surface area contributed by atoms with Crippen LogP contribution in [0.5, 0.6) is 0 Å². The number of carbonyl (C=O) groups excluding carboxylic acids is 2. The summed E-state index contributed by atoms with van der Waals surface area (Å²) in [4.78, 5) is 24.5. The fourth-order valence-electron chi connectivity index (χ4n) is 5.03. The van der Waals surface area contributed by atoms with Crippen molar-refractivity contribution in [2.45, 2.75) is 58.4 Å². The Morgan fingerprint density at radius 1 is 1.14 bits per heavy atom. The zero-order valence-electron chi connectivity index (χ0n) is 16.5. The highest BCUT2D eigenvalue weighted by atomic mass is 32.2. The molecular weight excluding hydrogens is 376 g/mol. The summed E-state index contributed by atoms with van der Waals surface area (Å²) in [6.45, 7) is 4.07. The average Bonchev–Trinajstić information content (AvgIpc) is 3.34. The van der Waals surface area contributed by atoms with E-state index in [2.05, 4.69) is 10.0 Å². The molecule has 152 valence electrons. The molecule has 3 fully saturated rings. The molecule has 0 aromatic heterocycles. The summed E-state index contributed by atoms with van der Waals surface area (Å²) in [5.41, 5.74) is 0.244. The second kappa shape index (κ2) is 6.58. The number of hydrogen-bond donors (Lipinski definition) is 2. The number of sulfonamides is 1. The minimum Gasteiger partial charge on any atom is -0.353 e. The number of anilines is 1. The van der Waals surface area contributed by atoms with E-state index in [4.69, 9.17) is 0 Å². The highest BCUT2D eigenvalue weighted by Crippen LogP contribution is 2.64. The number of ketones is 1. The molecule has 1 amide bonds. The first-order valence-electron chi connectivity index (χ1n) is 10.0. The molecule has 0 spiro atoms. The summed E-state index contributed by atoms with van der Waals surface area (Å²) in [5.74, 6) is 0.216. The Kier molecular flexibility index (Phi) is 4.56. The van der Waals surface area contributed by atoms with Crippen LogP contribution in [0.4, 0.5) is 5.69 Å². The van der Waals surface area contributed by atoms with Gasteiger partial charge in [0, 0.05) is 18.2 Å². The Labute approximate surface area is 166 Å². The van der Waals surface area contributed by atoms with Gasteiger partial charge in [-0.25, -0.2) is 8.42 Å². The summed E-state index contributed by atoms with van der Waals surface area (Å²) in [6.07, 6.45) is 4.46. The Bertz CT molecular complexity index is 903. The largest absolute Gasteiger partial charge is 0.353 e. The summed E-state index contributed by atoms with van der Waals surface area (Å²) < 4.78 is 28.3. The van der Waals surface area contributed by atoms with Crippen LogP contribution >= 0.6 is 0 Å². The lowest BCUT2D eigenvalue weighted by Gasteiger charge is -2.36. The topological polar surface area (TPSA) is 92.3 Å². The maximum absolute atomic E-state index is 12.8. The van der Waals surface area contributed by atoms with E-state index in [1.165, 1.54) is 0 Å². The molecular formula is C21H28N2O4S. The van der Waals surface area contributed by atoms with Crippen LogP contribution in [0.3, 0.4) is 0 Å². The third-order valence-electron chi connectivity index (χ3n) is 7.11. The molecule has 3 aliphatic carbocycles. The van der Waals surface area contributed by atoms with Crippen molar-refractivity contribution in [1.29, 1.82) is 0 Å². The lowest BCUT2D eigenvalue weighted by atomic mass is 9.70. The molecule has 2 N–H and O–H groups in total. The number of rotatable bonds is 7. The van der Waals surface area contributed by atoms with Crippen molar-refractivity contribution in [2.75, 3.05) is 10.5 Å². The standard InChI is InChI=1S/C21H28N2O4S/c1-20(2)15-9-10-21(20,18(24)12-15)13-28(26,27)23-17-5-3-14(4-6-17)11-19(25)22-16-7-8-16/h3-6,15-16,23H,7-13H2,1-2H3,(H,22,25)/t15-,21+/m1/s1. The molecule has 1 aromatic carbocycles. The summed E-state index contributed by atoms with van der Waals surface area (Å²) >= 11 is 0. The lowest BCUT2D eigenvalue weighted by Crippen LogP contribution is -2.43. The first-order chi connectivity index (χ1) is 13.1. The first kappa shape index (κ1) is 19.4. The van der Waals surface area contributed by atoms with Crippen molar-refractivity contribution < 1.29 is 18.0 Å². The van der Waals surface area contributed by atoms with Gasteiger partial charge in [-0.15, -0.1) is 0 Å². The number of nitrogens with one attached hydrogen (secondary N) is 2. The Hall–Kier alpha value is -1.89. The summed E-state index contributed by atoms with van der Waals surface area (Å²) in [5, 5.41) is 2.94. The van der Waals surface area contributed by atoms with Gasteiger partial charge in [-0.05, 0) is 54.7 Å². The highest BCUT2D eigenvalue weighted by Gasteiger charge is 2.65. The van der Waals surface area contributed by atoms with Gasteiger partial charge < -0.3 is 5.32 Å². The van der Waals surface area contributed by atoms with Gasteiger partial charge in [0.2, 0.25) is 15.9 Å². The molecule has 2 bridgehead atoms. The number of amides is 1. The number of benzene rings is 1. The van der Waals surface area contributed by atoms with E-state index < -0.39 is 15.4 Å². The Morgan fingerprint density at radius 3 is 2.36 bits per heavy atom. The smallest absolute Gasteiger partial charge is 0.233 e. The van der Waals surface area contributed by atoms with Crippen molar-refractivity contribution in [3.05, 3.63) is 29.8 Å². The molecule has 0 aliphatic heterocycles. The predicted octanol–water partition coefficient (Wildman–Crippen LogP) is 2.64. The molecule has 0 radical (unpaired) electrons. The number of carbonyl (C=O) groups is 2. The quantitative estimate of drug-likeness (QED) is 0.731. The molecule has 6 nitrogen and oxygen atoms in total. The van der Waals surface area contributed by atoms with E-state index in [1.54, 1.807) is 24.3 Å². The van der Waals surface area contributed by atoms with Gasteiger partial charge in [-0.1, -0.05) is 26.0 Å². The van der Waals surface area contributed by atoms with Crippen LogP contribution in [-0.2, 0) is 26.0 Å². The molecule has 3 aliphatic rings. The van der Waals surface area contributed by atoms with Crippen LogP contribution in [0.25, 0.3) is 0 Å². The van der Waals surface area contributed by atoms with Crippen molar-refractivity contribution in [3.63, 3.8) is 0 Å². The van der Waals surface area contributed by atoms with Gasteiger partial charge in [0.15, 0.2) is 0 Å². The van der Waals surface area contributed by atoms with Crippen LogP contribution in [0.15, 0.2) is 24.3 Å². The van der Waals surface area contributed by atoms with Gasteiger partial charge in [-0.3, -0.25) is 14.3 Å². The van der Waals surface area contributed by atoms with E-state index in [-0.39, 0.29) is 35.2 Å². The molecule has 28 heavy (non-hydrogen) atoms. The van der Waals surface area contributed by atoms with E-state index in [1.807, 2.05) is 13.8 Å². The molecule has 4 rings (SSSR count). The second-order valence-electron chi connectivity index (χ2n) is 9.24. The zero-order chi connectivity index (χ0) is 20.2. The maximum atomic E-state index is 12.8. The average molecular weight is 405 g/mol. The maximum Gasteiger partial charge on any atom is 0.233 e. The van der Waals surface area contributed by atoms with Crippen LogP contribution in [0.2, 0.25) is 0 Å². The number of fused-ring (bicyclic) bond motifs is 2. The highest BCUT2D eigenvalue weighted by molar-refractivity contribution is 7.92. The van der Waals surface area contributed by atoms with Crippen molar-refractivity contribution in [1.82, 2.24) is 5.32 Å². The predicted molar refractivity (Wildman–Crippen MR) is 107 cm³/mol. The van der Waals surface area contributed by atoms with Crippen LogP contribution in [-0.4, -0.2) is 31.9 Å². The van der Waals surface area contributed by atoms with Crippen molar-refractivity contribution >= 4 is 27.4 Å². The van der Waals surface area contributed by atoms with E-state index >= 15 is 0 Å². The fourth-order valence-corrected chi connectivity index (χ4v) is 6.92. The molecule has 2 atom stereocenters. The lowest BCUT2D eigenvalue weighted by molar-refractivity contribution is -0.128. The Morgan fingerprint density at radius 2 is 1.82 bits per heavy atom. The minimum atomic E-state index is -3.66. The van der Waals surface area contributed by atoms with E-state index in [0.29, 0.717) is 24.6 Å². The molecule has 3 saturated carbocycles. The fraction of sp³-hybridized carbons (Fsp3) is 0.619. The third kappa shape index (κ3) is 3.45. The summed E-state index contributed by atoms with van der Waals surface area (Å²) in [7, 11) is -3.66. The van der Waals surface area contributed by atoms with Gasteiger partial charge in [-0.2, -0.15) is 0 Å². The van der Waals surface area contributed by atoms with E-state index in [0.717, 1.165) is 24.8 Å². The minimum absolute atomic E-state index is 0.00676. The van der Waals surface area contributed by atoms with Gasteiger partial charge in [0.1, 0.15) is 5.78 Å². The molecule has 1 aromatic rings. The van der Waals surface area contributed by atoms with Gasteiger partial charge in [0.25, 0.3) is 0 Å². The Balaban J connectivity index is 1.42. The van der Waals surface area contributed by atoms with Crippen molar-refractivity contribution in [3.8, 4) is 0 Å².